The Morgan fingerprint density at radius 3 is 2.23 bits per heavy atom. The SMILES string of the molecule is COC1=C(C)C(=O)C2=C(C1=O)[C@@H]1C3=Cc4c(OC(C)=O)c(C)c(OC)c(OC)c4[C@H](COC(C)=O)N3[C@@H](C#N)[C@H](C2)N1C. The Bertz CT molecular complexity index is 1610. The average molecular weight is 592 g/mol. The second-order valence-electron chi connectivity index (χ2n) is 10.9. The zero-order valence-corrected chi connectivity index (χ0v) is 25.3. The van der Waals surface area contributed by atoms with Gasteiger partial charge >= 0.3 is 11.9 Å². The highest BCUT2D eigenvalue weighted by atomic mass is 16.5. The van der Waals surface area contributed by atoms with E-state index in [1.54, 1.807) is 27.0 Å². The number of Topliss-reactive ketones (excluding diaryl/α,β-unsaturated/α-hetero) is 2. The first kappa shape index (κ1) is 29.8. The highest BCUT2D eigenvalue weighted by Gasteiger charge is 2.56. The molecule has 5 rings (SSSR count). The van der Waals surface area contributed by atoms with E-state index >= 15 is 0 Å². The van der Waals surface area contributed by atoms with Gasteiger partial charge in [-0.05, 0) is 33.4 Å². The van der Waals surface area contributed by atoms with Gasteiger partial charge in [-0.15, -0.1) is 0 Å². The Hall–Kier alpha value is -4.63. The summed E-state index contributed by atoms with van der Waals surface area (Å²) in [4.78, 5) is 55.6. The van der Waals surface area contributed by atoms with Crippen LogP contribution in [0.1, 0.15) is 49.9 Å². The molecule has 0 amide bonds. The Balaban J connectivity index is 1.88. The van der Waals surface area contributed by atoms with Crippen molar-refractivity contribution in [2.24, 2.45) is 0 Å². The number of hydrogen-bond donors (Lipinski definition) is 0. The van der Waals surface area contributed by atoms with Gasteiger partial charge in [0.05, 0.1) is 39.5 Å². The molecule has 4 atom stereocenters. The van der Waals surface area contributed by atoms with Crippen LogP contribution in [-0.4, -0.2) is 86.4 Å². The summed E-state index contributed by atoms with van der Waals surface area (Å²) < 4.78 is 28.2. The van der Waals surface area contributed by atoms with Crippen LogP contribution in [0.15, 0.2) is 28.2 Å². The second kappa shape index (κ2) is 10.9. The molecule has 1 aliphatic carbocycles. The highest BCUT2D eigenvalue weighted by Crippen LogP contribution is 2.55. The highest BCUT2D eigenvalue weighted by molar-refractivity contribution is 6.25. The number of benzene rings is 1. The summed E-state index contributed by atoms with van der Waals surface area (Å²) in [6.45, 7) is 5.64. The molecule has 0 radical (unpaired) electrons. The van der Waals surface area contributed by atoms with Crippen molar-refractivity contribution in [3.63, 3.8) is 0 Å². The van der Waals surface area contributed by atoms with Crippen molar-refractivity contribution >= 4 is 29.6 Å². The predicted octanol–water partition coefficient (Wildman–Crippen LogP) is 2.55. The van der Waals surface area contributed by atoms with Gasteiger partial charge in [-0.2, -0.15) is 5.26 Å². The van der Waals surface area contributed by atoms with Gasteiger partial charge in [0.1, 0.15) is 18.4 Å². The van der Waals surface area contributed by atoms with Crippen molar-refractivity contribution in [2.75, 3.05) is 35.0 Å². The number of hydrogen-bond acceptors (Lipinski definition) is 12. The molecule has 226 valence electrons. The van der Waals surface area contributed by atoms with E-state index < -0.39 is 41.9 Å². The van der Waals surface area contributed by atoms with Crippen LogP contribution in [0.25, 0.3) is 6.08 Å². The molecule has 0 aromatic heterocycles. The van der Waals surface area contributed by atoms with Crippen molar-refractivity contribution < 1.29 is 42.9 Å². The first-order valence-corrected chi connectivity index (χ1v) is 13.7. The van der Waals surface area contributed by atoms with Crippen LogP contribution >= 0.6 is 0 Å². The van der Waals surface area contributed by atoms with Crippen LogP contribution in [0.3, 0.4) is 0 Å². The average Bonchev–Trinajstić information content (AvgIpc) is 2.96. The predicted molar refractivity (Wildman–Crippen MR) is 151 cm³/mol. The summed E-state index contributed by atoms with van der Waals surface area (Å²) in [5.41, 5.74) is 2.75. The van der Waals surface area contributed by atoms with Gasteiger partial charge in [-0.25, -0.2) is 0 Å². The van der Waals surface area contributed by atoms with Crippen LogP contribution in [0, 0.1) is 18.3 Å². The lowest BCUT2D eigenvalue weighted by molar-refractivity contribution is -0.143. The minimum Gasteiger partial charge on any atom is -0.492 e. The van der Waals surface area contributed by atoms with E-state index in [9.17, 15) is 24.4 Å². The smallest absolute Gasteiger partial charge is 0.308 e. The maximum absolute atomic E-state index is 13.9. The van der Waals surface area contributed by atoms with E-state index in [1.807, 2.05) is 9.80 Å². The topological polar surface area (TPSA) is 145 Å². The molecule has 2 bridgehead atoms. The van der Waals surface area contributed by atoms with E-state index in [4.69, 9.17) is 23.7 Å². The molecule has 1 saturated heterocycles. The van der Waals surface area contributed by atoms with E-state index in [1.165, 1.54) is 35.2 Å². The van der Waals surface area contributed by atoms with Crippen LogP contribution in [0.5, 0.6) is 17.2 Å². The number of rotatable bonds is 6. The molecule has 0 N–H and O–H groups in total. The second-order valence-corrected chi connectivity index (χ2v) is 10.9. The summed E-state index contributed by atoms with van der Waals surface area (Å²) in [5.74, 6) is -1.02. The fraction of sp³-hybridized carbons (Fsp3) is 0.452. The van der Waals surface area contributed by atoms with Crippen LogP contribution in [0.2, 0.25) is 0 Å². The number of likely N-dealkylation sites (N-methyl/N-ethyl adjacent to an activating group) is 1. The summed E-state index contributed by atoms with van der Waals surface area (Å²) in [5, 5.41) is 10.6. The first-order valence-electron chi connectivity index (χ1n) is 13.7. The lowest BCUT2D eigenvalue weighted by atomic mass is 9.71. The number of nitrogens with zero attached hydrogens (tertiary/aromatic N) is 3. The minimum atomic E-state index is -0.833. The molecule has 0 spiro atoms. The lowest BCUT2D eigenvalue weighted by Gasteiger charge is -2.57. The van der Waals surface area contributed by atoms with Crippen LogP contribution in [-0.2, 0) is 28.7 Å². The van der Waals surface area contributed by atoms with Crippen molar-refractivity contribution in [2.45, 2.75) is 58.3 Å². The van der Waals surface area contributed by atoms with Gasteiger partial charge in [-0.3, -0.25) is 24.1 Å². The Labute approximate surface area is 249 Å². The normalized spacial score (nSPS) is 24.3. The Kier molecular flexibility index (Phi) is 7.56. The van der Waals surface area contributed by atoms with E-state index in [2.05, 4.69) is 6.07 Å². The number of carbonyl (C=O) groups is 4. The van der Waals surface area contributed by atoms with Crippen molar-refractivity contribution in [3.8, 4) is 23.3 Å². The molecule has 3 aliphatic heterocycles. The maximum Gasteiger partial charge on any atom is 0.308 e. The third-order valence-electron chi connectivity index (χ3n) is 8.65. The quantitative estimate of drug-likeness (QED) is 0.272. The number of esters is 2. The fourth-order valence-corrected chi connectivity index (χ4v) is 6.91. The molecular formula is C31H33N3O9. The van der Waals surface area contributed by atoms with Gasteiger partial charge in [0.25, 0.3) is 0 Å². The molecule has 1 aromatic rings. The van der Waals surface area contributed by atoms with Crippen molar-refractivity contribution in [1.29, 1.82) is 5.26 Å². The third-order valence-corrected chi connectivity index (χ3v) is 8.65. The Morgan fingerprint density at radius 2 is 1.67 bits per heavy atom. The van der Waals surface area contributed by atoms with E-state index in [-0.39, 0.29) is 41.5 Å². The fourth-order valence-electron chi connectivity index (χ4n) is 6.91. The zero-order chi connectivity index (χ0) is 31.5. The van der Waals surface area contributed by atoms with Gasteiger partial charge in [0.15, 0.2) is 23.0 Å². The molecule has 4 aliphatic rings. The minimum absolute atomic E-state index is 0.0271. The third kappa shape index (κ3) is 4.29. The number of fused-ring (bicyclic) bond motifs is 6. The molecule has 12 nitrogen and oxygen atoms in total. The number of piperazine rings is 1. The molecule has 0 saturated carbocycles. The monoisotopic (exact) mass is 591 g/mol. The zero-order valence-electron chi connectivity index (χ0n) is 25.3. The maximum atomic E-state index is 13.9. The summed E-state index contributed by atoms with van der Waals surface area (Å²) >= 11 is 0. The summed E-state index contributed by atoms with van der Waals surface area (Å²) in [6.07, 6.45) is 1.91. The lowest BCUT2D eigenvalue weighted by Crippen LogP contribution is -2.66. The summed E-state index contributed by atoms with van der Waals surface area (Å²) in [7, 11) is 6.08. The Morgan fingerprint density at radius 1 is 1.00 bits per heavy atom. The molecule has 3 heterocycles. The number of allylic oxidation sites excluding steroid dienone is 2. The number of methoxy groups -OCH3 is 3. The summed E-state index contributed by atoms with van der Waals surface area (Å²) in [6, 6.07) is -0.495. The van der Waals surface area contributed by atoms with Crippen LogP contribution < -0.4 is 14.2 Å². The van der Waals surface area contributed by atoms with E-state index in [0.29, 0.717) is 39.5 Å². The number of ketones is 2. The van der Waals surface area contributed by atoms with E-state index in [0.717, 1.165) is 0 Å². The molecule has 43 heavy (non-hydrogen) atoms. The molecular weight excluding hydrogens is 558 g/mol. The number of carbonyl (C=O) groups excluding carboxylic acids is 4. The molecule has 0 unspecified atom stereocenters. The first-order chi connectivity index (χ1) is 20.4. The van der Waals surface area contributed by atoms with Gasteiger partial charge < -0.3 is 28.6 Å². The molecule has 12 heteroatoms. The van der Waals surface area contributed by atoms with Gasteiger partial charge in [0.2, 0.25) is 5.78 Å². The standard InChI is InChI=1S/C31H33N3O9/c1-13-26(37)17-9-19-21(11-32)34-20(25(33(19)5)24(17)27(38)29(13)39-6)10-18-23(22(34)12-42-15(3)35)31(41-8)30(40-7)14(2)28(18)43-16(4)36/h10,19,21-22,25H,9,12H2,1-8H3/t19-,21-,22-,25-/m0/s1. The van der Waals surface area contributed by atoms with Gasteiger partial charge in [-0.1, -0.05) is 0 Å². The van der Waals surface area contributed by atoms with Gasteiger partial charge in [0, 0.05) is 59.0 Å². The largest absolute Gasteiger partial charge is 0.492 e. The number of ether oxygens (including phenoxy) is 5. The van der Waals surface area contributed by atoms with Crippen molar-refractivity contribution in [3.05, 3.63) is 44.9 Å². The van der Waals surface area contributed by atoms with Crippen molar-refractivity contribution in [1.82, 2.24) is 9.80 Å². The molecule has 1 aromatic carbocycles. The van der Waals surface area contributed by atoms with Crippen LogP contribution in [0.4, 0.5) is 0 Å². The molecule has 1 fully saturated rings. The number of nitriles is 1.